The number of fused-ring (bicyclic) bond motifs is 2. The van der Waals surface area contributed by atoms with Gasteiger partial charge in [0.05, 0.1) is 0 Å². The molecular formula is C13H23N. The van der Waals surface area contributed by atoms with E-state index in [1.807, 2.05) is 0 Å². The highest BCUT2D eigenvalue weighted by Crippen LogP contribution is 2.46. The van der Waals surface area contributed by atoms with Crippen molar-refractivity contribution < 1.29 is 0 Å². The van der Waals surface area contributed by atoms with E-state index in [1.165, 1.54) is 38.8 Å². The van der Waals surface area contributed by atoms with E-state index < -0.39 is 0 Å². The Morgan fingerprint density at radius 1 is 0.786 bits per heavy atom. The lowest BCUT2D eigenvalue weighted by Crippen LogP contribution is -2.39. The summed E-state index contributed by atoms with van der Waals surface area (Å²) in [4.78, 5) is 2.84. The molecule has 0 aromatic carbocycles. The molecule has 3 aliphatic rings. The van der Waals surface area contributed by atoms with Crippen molar-refractivity contribution in [2.75, 3.05) is 13.1 Å². The molecule has 2 bridgehead atoms. The van der Waals surface area contributed by atoms with E-state index in [9.17, 15) is 0 Å². The minimum atomic E-state index is 1.01. The molecule has 2 saturated carbocycles. The van der Waals surface area contributed by atoms with Crippen LogP contribution in [0.4, 0.5) is 0 Å². The molecule has 0 amide bonds. The Morgan fingerprint density at radius 2 is 1.57 bits per heavy atom. The van der Waals surface area contributed by atoms with Crippen molar-refractivity contribution in [2.24, 2.45) is 11.8 Å². The highest BCUT2D eigenvalue weighted by atomic mass is 15.2. The summed E-state index contributed by atoms with van der Waals surface area (Å²) in [6, 6.07) is 1.01. The Morgan fingerprint density at radius 3 is 2.14 bits per heavy atom. The molecule has 0 radical (unpaired) electrons. The van der Waals surface area contributed by atoms with Gasteiger partial charge in [-0.05, 0) is 57.0 Å². The first-order chi connectivity index (χ1) is 6.93. The molecule has 1 heteroatoms. The number of nitrogens with zero attached hydrogens (tertiary/aromatic N) is 1. The van der Waals surface area contributed by atoms with Crippen LogP contribution in [0.2, 0.25) is 0 Å². The van der Waals surface area contributed by atoms with Crippen LogP contribution in [0, 0.1) is 11.8 Å². The third kappa shape index (κ3) is 1.60. The van der Waals surface area contributed by atoms with E-state index >= 15 is 0 Å². The molecule has 1 heterocycles. The largest absolute Gasteiger partial charge is 0.300 e. The Bertz CT molecular complexity index is 193. The van der Waals surface area contributed by atoms with Crippen LogP contribution in [0.25, 0.3) is 0 Å². The summed E-state index contributed by atoms with van der Waals surface area (Å²) < 4.78 is 0. The summed E-state index contributed by atoms with van der Waals surface area (Å²) in [7, 11) is 0. The van der Waals surface area contributed by atoms with Crippen LogP contribution in [-0.2, 0) is 0 Å². The van der Waals surface area contributed by atoms with Crippen molar-refractivity contribution in [3.05, 3.63) is 0 Å². The molecule has 1 saturated heterocycles. The lowest BCUT2D eigenvalue weighted by molar-refractivity contribution is 0.147. The van der Waals surface area contributed by atoms with Crippen molar-refractivity contribution in [3.8, 4) is 0 Å². The second kappa shape index (κ2) is 3.84. The van der Waals surface area contributed by atoms with E-state index in [0.717, 1.165) is 17.9 Å². The third-order valence-electron chi connectivity index (χ3n) is 4.81. The molecule has 0 aromatic rings. The van der Waals surface area contributed by atoms with Gasteiger partial charge >= 0.3 is 0 Å². The molecule has 0 N–H and O–H groups in total. The summed E-state index contributed by atoms with van der Waals surface area (Å²) in [6.07, 6.45) is 12.1. The van der Waals surface area contributed by atoms with Crippen LogP contribution in [0.3, 0.4) is 0 Å². The van der Waals surface area contributed by atoms with Crippen LogP contribution >= 0.6 is 0 Å². The molecule has 14 heavy (non-hydrogen) atoms. The molecule has 0 spiro atoms. The SMILES string of the molecule is C1CCCN([C@@H]2C[C@@H]3CC[C@H]2C3)CC1. The maximum absolute atomic E-state index is 2.84. The first-order valence-corrected chi connectivity index (χ1v) is 6.67. The Balaban J connectivity index is 1.63. The molecule has 0 unspecified atom stereocenters. The van der Waals surface area contributed by atoms with Gasteiger partial charge in [0.15, 0.2) is 0 Å². The molecular weight excluding hydrogens is 170 g/mol. The average molecular weight is 193 g/mol. The molecule has 3 rings (SSSR count). The predicted octanol–water partition coefficient (Wildman–Crippen LogP) is 3.05. The smallest absolute Gasteiger partial charge is 0.0126 e. The minimum absolute atomic E-state index is 1.01. The highest BCUT2D eigenvalue weighted by molar-refractivity contribution is 4.95. The van der Waals surface area contributed by atoms with Gasteiger partial charge in [-0.1, -0.05) is 19.3 Å². The zero-order chi connectivity index (χ0) is 9.38. The molecule has 3 fully saturated rings. The van der Waals surface area contributed by atoms with Crippen molar-refractivity contribution in [3.63, 3.8) is 0 Å². The fourth-order valence-electron chi connectivity index (χ4n) is 4.09. The molecule has 3 atom stereocenters. The van der Waals surface area contributed by atoms with Crippen molar-refractivity contribution in [1.82, 2.24) is 4.90 Å². The van der Waals surface area contributed by atoms with Crippen molar-refractivity contribution in [1.29, 1.82) is 0 Å². The van der Waals surface area contributed by atoms with Gasteiger partial charge in [0.2, 0.25) is 0 Å². The normalized spacial score (nSPS) is 44.1. The van der Waals surface area contributed by atoms with Gasteiger partial charge < -0.3 is 4.90 Å². The number of rotatable bonds is 1. The average Bonchev–Trinajstić information content (AvgIpc) is 2.72. The van der Waals surface area contributed by atoms with E-state index in [4.69, 9.17) is 0 Å². The standard InChI is InChI=1S/C13H23N/c1-2-4-8-14(7-3-1)13-10-11-5-6-12(13)9-11/h11-13H,1-10H2/t11-,12+,13-/m1/s1. The minimum Gasteiger partial charge on any atom is -0.300 e. The lowest BCUT2D eigenvalue weighted by Gasteiger charge is -2.33. The van der Waals surface area contributed by atoms with Gasteiger partial charge in [0.1, 0.15) is 0 Å². The molecule has 2 aliphatic carbocycles. The predicted molar refractivity (Wildman–Crippen MR) is 59.3 cm³/mol. The topological polar surface area (TPSA) is 3.24 Å². The van der Waals surface area contributed by atoms with Gasteiger partial charge in [0.25, 0.3) is 0 Å². The first-order valence-electron chi connectivity index (χ1n) is 6.67. The molecule has 0 aromatic heterocycles. The fourth-order valence-corrected chi connectivity index (χ4v) is 4.09. The summed E-state index contributed by atoms with van der Waals surface area (Å²) in [5.74, 6) is 2.21. The van der Waals surface area contributed by atoms with Gasteiger partial charge in [-0.3, -0.25) is 0 Å². The first kappa shape index (κ1) is 9.21. The summed E-state index contributed by atoms with van der Waals surface area (Å²) in [6.45, 7) is 2.82. The monoisotopic (exact) mass is 193 g/mol. The van der Waals surface area contributed by atoms with Crippen LogP contribution in [0.1, 0.15) is 51.4 Å². The van der Waals surface area contributed by atoms with E-state index in [0.29, 0.717) is 0 Å². The third-order valence-corrected chi connectivity index (χ3v) is 4.81. The maximum atomic E-state index is 2.84. The van der Waals surface area contributed by atoms with Crippen LogP contribution in [0.15, 0.2) is 0 Å². The maximum Gasteiger partial charge on any atom is 0.0126 e. The zero-order valence-electron chi connectivity index (χ0n) is 9.25. The number of likely N-dealkylation sites (tertiary alicyclic amines) is 1. The quantitative estimate of drug-likeness (QED) is 0.618. The summed E-state index contributed by atoms with van der Waals surface area (Å²) >= 11 is 0. The Hall–Kier alpha value is -0.0400. The highest BCUT2D eigenvalue weighted by Gasteiger charge is 2.41. The van der Waals surface area contributed by atoms with Gasteiger partial charge in [-0.15, -0.1) is 0 Å². The zero-order valence-corrected chi connectivity index (χ0v) is 9.25. The van der Waals surface area contributed by atoms with Crippen molar-refractivity contribution >= 4 is 0 Å². The molecule has 1 aliphatic heterocycles. The number of hydrogen-bond acceptors (Lipinski definition) is 1. The molecule has 1 nitrogen and oxygen atoms in total. The Kier molecular flexibility index (Phi) is 2.53. The van der Waals surface area contributed by atoms with Crippen LogP contribution in [-0.4, -0.2) is 24.0 Å². The van der Waals surface area contributed by atoms with E-state index in [2.05, 4.69) is 4.90 Å². The fraction of sp³-hybridized carbons (Fsp3) is 1.00. The van der Waals surface area contributed by atoms with E-state index in [-0.39, 0.29) is 0 Å². The lowest BCUT2D eigenvalue weighted by atomic mass is 9.94. The van der Waals surface area contributed by atoms with Gasteiger partial charge in [0, 0.05) is 6.04 Å². The van der Waals surface area contributed by atoms with Crippen molar-refractivity contribution in [2.45, 2.75) is 57.4 Å². The van der Waals surface area contributed by atoms with Gasteiger partial charge in [-0.25, -0.2) is 0 Å². The van der Waals surface area contributed by atoms with Gasteiger partial charge in [-0.2, -0.15) is 0 Å². The summed E-state index contributed by atoms with van der Waals surface area (Å²) in [5, 5.41) is 0. The number of hydrogen-bond donors (Lipinski definition) is 0. The second-order valence-corrected chi connectivity index (χ2v) is 5.69. The van der Waals surface area contributed by atoms with Crippen LogP contribution in [0.5, 0.6) is 0 Å². The second-order valence-electron chi connectivity index (χ2n) is 5.69. The summed E-state index contributed by atoms with van der Waals surface area (Å²) in [5.41, 5.74) is 0. The Labute approximate surface area is 87.9 Å². The molecule has 80 valence electrons. The van der Waals surface area contributed by atoms with E-state index in [1.54, 1.807) is 25.7 Å². The van der Waals surface area contributed by atoms with Crippen LogP contribution < -0.4 is 0 Å².